The van der Waals surface area contributed by atoms with Crippen LogP contribution < -0.4 is 0 Å². The lowest BCUT2D eigenvalue weighted by atomic mass is 9.82. The van der Waals surface area contributed by atoms with Gasteiger partial charge in [-0.3, -0.25) is 0 Å². The van der Waals surface area contributed by atoms with E-state index in [1.54, 1.807) is 6.26 Å². The van der Waals surface area contributed by atoms with Crippen LogP contribution in [-0.4, -0.2) is 16.1 Å². The molecule has 1 fully saturated rings. The lowest BCUT2D eigenvalue weighted by molar-refractivity contribution is -0.246. The van der Waals surface area contributed by atoms with Crippen LogP contribution in [0.1, 0.15) is 53.9 Å². The average molecular weight is 197 g/mol. The first-order valence-corrected chi connectivity index (χ1v) is 5.48. The number of hydrogen-bond donors (Lipinski definition) is 0. The molecule has 0 aromatic carbocycles. The van der Waals surface area contributed by atoms with Gasteiger partial charge in [0.15, 0.2) is 0 Å². The van der Waals surface area contributed by atoms with Gasteiger partial charge in [0, 0.05) is 0 Å². The van der Waals surface area contributed by atoms with Crippen molar-refractivity contribution in [1.29, 1.82) is 0 Å². The summed E-state index contributed by atoms with van der Waals surface area (Å²) in [5, 5.41) is 2.14. The van der Waals surface area contributed by atoms with Gasteiger partial charge in [0.1, 0.15) is 6.26 Å². The van der Waals surface area contributed by atoms with E-state index in [4.69, 9.17) is 4.84 Å². The summed E-state index contributed by atoms with van der Waals surface area (Å²) in [5.41, 5.74) is 0.280. The molecule has 14 heavy (non-hydrogen) atoms. The van der Waals surface area contributed by atoms with Crippen LogP contribution in [0.4, 0.5) is 0 Å². The van der Waals surface area contributed by atoms with Crippen LogP contribution in [0.5, 0.6) is 0 Å². The third-order valence-electron chi connectivity index (χ3n) is 2.98. The van der Waals surface area contributed by atoms with E-state index in [9.17, 15) is 0 Å². The maximum absolute atomic E-state index is 5.72. The topological polar surface area (TPSA) is 12.5 Å². The largest absolute Gasteiger partial charge is 0.413 e. The lowest BCUT2D eigenvalue weighted by Crippen LogP contribution is -2.57. The molecule has 0 aromatic heterocycles. The average Bonchev–Trinajstić information content (AvgIpc) is 2.01. The van der Waals surface area contributed by atoms with Crippen LogP contribution in [0, 0.1) is 0 Å². The van der Waals surface area contributed by atoms with Gasteiger partial charge in [0.05, 0.1) is 11.1 Å². The Bertz CT molecular complexity index is 202. The van der Waals surface area contributed by atoms with E-state index in [2.05, 4.69) is 32.8 Å². The Labute approximate surface area is 87.9 Å². The molecule has 82 valence electrons. The van der Waals surface area contributed by atoms with Crippen molar-refractivity contribution in [3.05, 3.63) is 12.3 Å². The zero-order valence-corrected chi connectivity index (χ0v) is 10.1. The molecule has 0 N–H and O–H groups in total. The van der Waals surface area contributed by atoms with E-state index in [-0.39, 0.29) is 11.1 Å². The first-order valence-electron chi connectivity index (χ1n) is 5.48. The minimum Gasteiger partial charge on any atom is -0.413 e. The third kappa shape index (κ3) is 2.30. The van der Waals surface area contributed by atoms with Gasteiger partial charge in [-0.05, 0) is 53.9 Å². The number of rotatable bonds is 2. The fraction of sp³-hybridized carbons (Fsp3) is 0.833. The molecule has 0 radical (unpaired) electrons. The van der Waals surface area contributed by atoms with Crippen molar-refractivity contribution in [2.24, 2.45) is 0 Å². The summed E-state index contributed by atoms with van der Waals surface area (Å²) in [5.74, 6) is 0. The molecule has 0 atom stereocenters. The zero-order chi connectivity index (χ0) is 10.8. The predicted molar refractivity (Wildman–Crippen MR) is 59.7 cm³/mol. The number of piperidine rings is 1. The molecule has 2 nitrogen and oxygen atoms in total. The molecule has 1 aliphatic rings. The number of allylic oxidation sites excluding steroid dienone is 1. The van der Waals surface area contributed by atoms with Crippen LogP contribution in [0.25, 0.3) is 0 Å². The van der Waals surface area contributed by atoms with Crippen molar-refractivity contribution < 1.29 is 4.84 Å². The maximum Gasteiger partial charge on any atom is 0.107 e. The predicted octanol–water partition coefficient (Wildman–Crippen LogP) is 3.49. The van der Waals surface area contributed by atoms with Gasteiger partial charge in [-0.2, -0.15) is 0 Å². The molecule has 0 unspecified atom stereocenters. The smallest absolute Gasteiger partial charge is 0.107 e. The summed E-state index contributed by atoms with van der Waals surface area (Å²) >= 11 is 0. The number of nitrogens with zero attached hydrogens (tertiary/aromatic N) is 1. The SMILES string of the molecule is CC=CON1C(C)(C)CCCC1(C)C. The van der Waals surface area contributed by atoms with Crippen molar-refractivity contribution in [3.63, 3.8) is 0 Å². The third-order valence-corrected chi connectivity index (χ3v) is 2.98. The molecule has 0 aliphatic carbocycles. The van der Waals surface area contributed by atoms with Crippen LogP contribution in [0.2, 0.25) is 0 Å². The maximum atomic E-state index is 5.72. The molecule has 1 aliphatic heterocycles. The molecular weight excluding hydrogens is 174 g/mol. The molecule has 0 spiro atoms. The van der Waals surface area contributed by atoms with Gasteiger partial charge in [-0.15, -0.1) is 5.06 Å². The molecule has 1 heterocycles. The quantitative estimate of drug-likeness (QED) is 0.628. The normalized spacial score (nSPS) is 26.6. The Morgan fingerprint density at radius 2 is 1.57 bits per heavy atom. The van der Waals surface area contributed by atoms with E-state index in [0.29, 0.717) is 0 Å². The Hall–Kier alpha value is -0.500. The first-order chi connectivity index (χ1) is 6.40. The molecule has 1 saturated heterocycles. The molecule has 0 amide bonds. The van der Waals surface area contributed by atoms with Gasteiger partial charge < -0.3 is 4.84 Å². The summed E-state index contributed by atoms with van der Waals surface area (Å²) in [4.78, 5) is 5.72. The standard InChI is InChI=1S/C12H23NO/c1-6-10-14-13-11(2,3)8-7-9-12(13,4)5/h6,10H,7-9H2,1-5H3. The highest BCUT2D eigenvalue weighted by Gasteiger charge is 2.42. The highest BCUT2D eigenvalue weighted by Crippen LogP contribution is 2.38. The summed E-state index contributed by atoms with van der Waals surface area (Å²) < 4.78 is 0. The summed E-state index contributed by atoms with van der Waals surface area (Å²) in [6.07, 6.45) is 7.40. The van der Waals surface area contributed by atoms with Crippen molar-refractivity contribution in [2.75, 3.05) is 0 Å². The van der Waals surface area contributed by atoms with Crippen molar-refractivity contribution in [2.45, 2.75) is 65.0 Å². The van der Waals surface area contributed by atoms with E-state index < -0.39 is 0 Å². The fourth-order valence-electron chi connectivity index (χ4n) is 2.38. The second kappa shape index (κ2) is 3.93. The highest BCUT2D eigenvalue weighted by atomic mass is 16.7. The van der Waals surface area contributed by atoms with E-state index in [0.717, 1.165) is 0 Å². The van der Waals surface area contributed by atoms with E-state index >= 15 is 0 Å². The second-order valence-electron chi connectivity index (χ2n) is 5.35. The van der Waals surface area contributed by atoms with E-state index in [1.807, 2.05) is 13.0 Å². The van der Waals surface area contributed by atoms with Gasteiger partial charge >= 0.3 is 0 Å². The minimum atomic E-state index is 0.140. The lowest BCUT2D eigenvalue weighted by Gasteiger charge is -2.50. The summed E-state index contributed by atoms with van der Waals surface area (Å²) in [6, 6.07) is 0. The summed E-state index contributed by atoms with van der Waals surface area (Å²) in [7, 11) is 0. The summed E-state index contributed by atoms with van der Waals surface area (Å²) in [6.45, 7) is 11.0. The zero-order valence-electron chi connectivity index (χ0n) is 10.1. The molecule has 0 saturated carbocycles. The van der Waals surface area contributed by atoms with Crippen LogP contribution >= 0.6 is 0 Å². The van der Waals surface area contributed by atoms with Crippen LogP contribution in [0.15, 0.2) is 12.3 Å². The molecule has 2 heteroatoms. The van der Waals surface area contributed by atoms with Crippen LogP contribution in [-0.2, 0) is 4.84 Å². The van der Waals surface area contributed by atoms with Crippen molar-refractivity contribution in [1.82, 2.24) is 5.06 Å². The van der Waals surface area contributed by atoms with Crippen LogP contribution in [0.3, 0.4) is 0 Å². The highest BCUT2D eigenvalue weighted by molar-refractivity contribution is 4.93. The molecule has 0 bridgehead atoms. The van der Waals surface area contributed by atoms with E-state index in [1.165, 1.54) is 19.3 Å². The Morgan fingerprint density at radius 3 is 2.00 bits per heavy atom. The first kappa shape index (κ1) is 11.6. The number of hydrogen-bond acceptors (Lipinski definition) is 2. The second-order valence-corrected chi connectivity index (χ2v) is 5.35. The molecule has 1 rings (SSSR count). The molecular formula is C12H23NO. The van der Waals surface area contributed by atoms with Gasteiger partial charge in [-0.1, -0.05) is 6.08 Å². The van der Waals surface area contributed by atoms with Crippen molar-refractivity contribution >= 4 is 0 Å². The molecule has 0 aromatic rings. The van der Waals surface area contributed by atoms with Crippen molar-refractivity contribution in [3.8, 4) is 0 Å². The Kier molecular flexibility index (Phi) is 3.25. The Balaban J connectivity index is 2.80. The van der Waals surface area contributed by atoms with Gasteiger partial charge in [-0.25, -0.2) is 0 Å². The Morgan fingerprint density at radius 1 is 1.07 bits per heavy atom. The minimum absolute atomic E-state index is 0.140. The fourth-order valence-corrected chi connectivity index (χ4v) is 2.38. The monoisotopic (exact) mass is 197 g/mol. The van der Waals surface area contributed by atoms with Gasteiger partial charge in [0.2, 0.25) is 0 Å². The van der Waals surface area contributed by atoms with Gasteiger partial charge in [0.25, 0.3) is 0 Å². The number of hydroxylamine groups is 2.